The molecule has 0 N–H and O–H groups in total. The molecule has 0 aliphatic heterocycles. The van der Waals surface area contributed by atoms with Crippen LogP contribution in [0.15, 0.2) is 24.3 Å². The molecule has 102 valence electrons. The van der Waals surface area contributed by atoms with Gasteiger partial charge in [-0.25, -0.2) is 0 Å². The van der Waals surface area contributed by atoms with Crippen LogP contribution in [0.3, 0.4) is 0 Å². The fourth-order valence-corrected chi connectivity index (χ4v) is 1.84. The van der Waals surface area contributed by atoms with Crippen molar-refractivity contribution in [1.82, 2.24) is 9.80 Å². The molecular formula is C15H26N2O. The molecule has 0 saturated carbocycles. The zero-order valence-corrected chi connectivity index (χ0v) is 12.3. The lowest BCUT2D eigenvalue weighted by Crippen LogP contribution is -2.36. The molecule has 1 aromatic rings. The van der Waals surface area contributed by atoms with Crippen molar-refractivity contribution >= 4 is 0 Å². The average Bonchev–Trinajstić information content (AvgIpc) is 2.36. The van der Waals surface area contributed by atoms with Crippen molar-refractivity contribution in [2.24, 2.45) is 0 Å². The molecule has 0 spiro atoms. The standard InChI is InChI=1S/C15H26N2O/c1-13(17(4)11-10-16(2)3)12-14-6-8-15(18-5)9-7-14/h6-9,13H,10-12H2,1-5H3. The van der Waals surface area contributed by atoms with Gasteiger partial charge in [0.15, 0.2) is 0 Å². The third kappa shape index (κ3) is 5.07. The van der Waals surface area contributed by atoms with Gasteiger partial charge < -0.3 is 14.5 Å². The van der Waals surface area contributed by atoms with E-state index in [4.69, 9.17) is 4.74 Å². The van der Waals surface area contributed by atoms with Gasteiger partial charge >= 0.3 is 0 Å². The molecule has 18 heavy (non-hydrogen) atoms. The van der Waals surface area contributed by atoms with Crippen LogP contribution < -0.4 is 4.74 Å². The molecule has 3 heteroatoms. The number of rotatable bonds is 7. The van der Waals surface area contributed by atoms with E-state index >= 15 is 0 Å². The molecule has 0 amide bonds. The monoisotopic (exact) mass is 250 g/mol. The maximum Gasteiger partial charge on any atom is 0.118 e. The summed E-state index contributed by atoms with van der Waals surface area (Å²) in [5.41, 5.74) is 1.36. The van der Waals surface area contributed by atoms with Crippen molar-refractivity contribution in [3.63, 3.8) is 0 Å². The molecule has 0 radical (unpaired) electrons. The number of hydrogen-bond donors (Lipinski definition) is 0. The average molecular weight is 250 g/mol. The molecule has 3 nitrogen and oxygen atoms in total. The summed E-state index contributed by atoms with van der Waals surface area (Å²) in [6.07, 6.45) is 1.08. The van der Waals surface area contributed by atoms with E-state index < -0.39 is 0 Å². The van der Waals surface area contributed by atoms with Crippen molar-refractivity contribution in [2.75, 3.05) is 41.3 Å². The van der Waals surface area contributed by atoms with E-state index in [1.807, 2.05) is 12.1 Å². The minimum Gasteiger partial charge on any atom is -0.497 e. The minimum absolute atomic E-state index is 0.554. The highest BCUT2D eigenvalue weighted by atomic mass is 16.5. The highest BCUT2D eigenvalue weighted by Crippen LogP contribution is 2.13. The second kappa shape index (κ2) is 7.39. The SMILES string of the molecule is COc1ccc(CC(C)N(C)CCN(C)C)cc1. The first-order valence-corrected chi connectivity index (χ1v) is 6.51. The van der Waals surface area contributed by atoms with Crippen molar-refractivity contribution in [1.29, 1.82) is 0 Å². The van der Waals surface area contributed by atoms with E-state index in [-0.39, 0.29) is 0 Å². The first-order valence-electron chi connectivity index (χ1n) is 6.51. The second-order valence-electron chi connectivity index (χ2n) is 5.19. The fourth-order valence-electron chi connectivity index (χ4n) is 1.84. The van der Waals surface area contributed by atoms with Gasteiger partial charge in [0, 0.05) is 19.1 Å². The number of ether oxygens (including phenoxy) is 1. The summed E-state index contributed by atoms with van der Waals surface area (Å²) in [7, 11) is 8.12. The molecule has 0 saturated heterocycles. The van der Waals surface area contributed by atoms with Crippen LogP contribution in [0, 0.1) is 0 Å². The van der Waals surface area contributed by atoms with Crippen LogP contribution >= 0.6 is 0 Å². The minimum atomic E-state index is 0.554. The molecule has 1 rings (SSSR count). The molecule has 0 aliphatic carbocycles. The Morgan fingerprint density at radius 1 is 1.06 bits per heavy atom. The first-order chi connectivity index (χ1) is 8.52. The van der Waals surface area contributed by atoms with Gasteiger partial charge in [-0.2, -0.15) is 0 Å². The van der Waals surface area contributed by atoms with E-state index in [1.165, 1.54) is 5.56 Å². The Morgan fingerprint density at radius 2 is 1.67 bits per heavy atom. The Bertz CT molecular complexity index is 335. The van der Waals surface area contributed by atoms with Gasteiger partial charge in [0.25, 0.3) is 0 Å². The lowest BCUT2D eigenvalue weighted by Gasteiger charge is -2.26. The van der Waals surface area contributed by atoms with Crippen molar-refractivity contribution < 1.29 is 4.74 Å². The molecule has 0 bridgehead atoms. The van der Waals surface area contributed by atoms with Crippen LogP contribution in [0.25, 0.3) is 0 Å². The van der Waals surface area contributed by atoms with Gasteiger partial charge in [0.2, 0.25) is 0 Å². The zero-order chi connectivity index (χ0) is 13.5. The number of benzene rings is 1. The van der Waals surface area contributed by atoms with Crippen molar-refractivity contribution in [3.8, 4) is 5.75 Å². The quantitative estimate of drug-likeness (QED) is 0.737. The second-order valence-corrected chi connectivity index (χ2v) is 5.19. The summed E-state index contributed by atoms with van der Waals surface area (Å²) in [4.78, 5) is 4.63. The molecular weight excluding hydrogens is 224 g/mol. The number of nitrogens with zero attached hydrogens (tertiary/aromatic N) is 2. The van der Waals surface area contributed by atoms with Crippen LogP contribution in [0.1, 0.15) is 12.5 Å². The van der Waals surface area contributed by atoms with Crippen molar-refractivity contribution in [2.45, 2.75) is 19.4 Å². The predicted octanol–water partition coefficient (Wildman–Crippen LogP) is 2.12. The number of likely N-dealkylation sites (N-methyl/N-ethyl adjacent to an activating group) is 2. The van der Waals surface area contributed by atoms with E-state index in [2.05, 4.69) is 50.0 Å². The predicted molar refractivity (Wildman–Crippen MR) is 77.3 cm³/mol. The maximum absolute atomic E-state index is 5.17. The van der Waals surface area contributed by atoms with Gasteiger partial charge in [-0.15, -0.1) is 0 Å². The Hall–Kier alpha value is -1.06. The summed E-state index contributed by atoms with van der Waals surface area (Å²) in [6, 6.07) is 8.91. The molecule has 0 aliphatic rings. The summed E-state index contributed by atoms with van der Waals surface area (Å²) in [5.74, 6) is 0.923. The largest absolute Gasteiger partial charge is 0.497 e. The maximum atomic E-state index is 5.17. The molecule has 0 fully saturated rings. The van der Waals surface area contributed by atoms with Gasteiger partial charge in [0.05, 0.1) is 7.11 Å². The Labute approximate surface area is 111 Å². The molecule has 1 unspecified atom stereocenters. The van der Waals surface area contributed by atoms with Crippen LogP contribution in [-0.4, -0.2) is 57.2 Å². The van der Waals surface area contributed by atoms with Crippen molar-refractivity contribution in [3.05, 3.63) is 29.8 Å². The number of methoxy groups -OCH3 is 1. The smallest absolute Gasteiger partial charge is 0.118 e. The van der Waals surface area contributed by atoms with E-state index in [9.17, 15) is 0 Å². The molecule has 1 atom stereocenters. The first kappa shape index (κ1) is 15.0. The van der Waals surface area contributed by atoms with Gasteiger partial charge in [-0.05, 0) is 52.2 Å². The zero-order valence-electron chi connectivity index (χ0n) is 12.3. The summed E-state index contributed by atoms with van der Waals surface area (Å²) < 4.78 is 5.17. The Morgan fingerprint density at radius 3 is 2.17 bits per heavy atom. The normalized spacial score (nSPS) is 13.1. The fraction of sp³-hybridized carbons (Fsp3) is 0.600. The third-order valence-corrected chi connectivity index (χ3v) is 3.34. The van der Waals surface area contributed by atoms with Crippen LogP contribution in [0.4, 0.5) is 0 Å². The summed E-state index contributed by atoms with van der Waals surface area (Å²) >= 11 is 0. The van der Waals surface area contributed by atoms with Crippen LogP contribution in [-0.2, 0) is 6.42 Å². The Balaban J connectivity index is 2.44. The van der Waals surface area contributed by atoms with Crippen LogP contribution in [0.5, 0.6) is 5.75 Å². The highest BCUT2D eigenvalue weighted by Gasteiger charge is 2.10. The van der Waals surface area contributed by atoms with E-state index in [1.54, 1.807) is 7.11 Å². The van der Waals surface area contributed by atoms with Gasteiger partial charge in [-0.1, -0.05) is 12.1 Å². The molecule has 0 heterocycles. The van der Waals surface area contributed by atoms with Crippen LogP contribution in [0.2, 0.25) is 0 Å². The third-order valence-electron chi connectivity index (χ3n) is 3.34. The van der Waals surface area contributed by atoms with Gasteiger partial charge in [-0.3, -0.25) is 0 Å². The summed E-state index contributed by atoms with van der Waals surface area (Å²) in [6.45, 7) is 4.48. The Kier molecular flexibility index (Phi) is 6.16. The molecule has 1 aromatic carbocycles. The highest BCUT2D eigenvalue weighted by molar-refractivity contribution is 5.27. The van der Waals surface area contributed by atoms with Gasteiger partial charge in [0.1, 0.15) is 5.75 Å². The number of hydrogen-bond acceptors (Lipinski definition) is 3. The van der Waals surface area contributed by atoms with E-state index in [0.29, 0.717) is 6.04 Å². The van der Waals surface area contributed by atoms with E-state index in [0.717, 1.165) is 25.3 Å². The lowest BCUT2D eigenvalue weighted by atomic mass is 10.1. The lowest BCUT2D eigenvalue weighted by molar-refractivity contribution is 0.228. The topological polar surface area (TPSA) is 15.7 Å². The summed E-state index contributed by atoms with van der Waals surface area (Å²) in [5, 5.41) is 0. The molecule has 0 aromatic heterocycles.